The number of carbonyl (C=O) groups is 3. The molecular formula is C23H28N2O4. The Hall–Kier alpha value is -3.15. The number of nitrogens with zero attached hydrogens (tertiary/aromatic N) is 1. The molecule has 0 atom stereocenters. The zero-order valence-corrected chi connectivity index (χ0v) is 17.2. The summed E-state index contributed by atoms with van der Waals surface area (Å²) < 4.78 is 5.13. The molecule has 2 aromatic rings. The number of hydrogen-bond donors (Lipinski definition) is 1. The number of rotatable bonds is 10. The van der Waals surface area contributed by atoms with Crippen molar-refractivity contribution in [1.82, 2.24) is 4.90 Å². The van der Waals surface area contributed by atoms with E-state index in [1.54, 1.807) is 43.5 Å². The monoisotopic (exact) mass is 396 g/mol. The lowest BCUT2D eigenvalue weighted by Crippen LogP contribution is -2.38. The molecule has 0 radical (unpaired) electrons. The summed E-state index contributed by atoms with van der Waals surface area (Å²) in [5, 5.41) is 2.76. The van der Waals surface area contributed by atoms with E-state index in [0.29, 0.717) is 23.5 Å². The Morgan fingerprint density at radius 2 is 1.72 bits per heavy atom. The zero-order chi connectivity index (χ0) is 21.2. The van der Waals surface area contributed by atoms with Crippen LogP contribution < -0.4 is 10.1 Å². The summed E-state index contributed by atoms with van der Waals surface area (Å²) in [6.45, 7) is 4.19. The maximum atomic E-state index is 12.5. The largest absolute Gasteiger partial charge is 0.497 e. The molecule has 6 nitrogen and oxygen atoms in total. The Morgan fingerprint density at radius 3 is 2.34 bits per heavy atom. The minimum absolute atomic E-state index is 0.0636. The average molecular weight is 396 g/mol. The highest BCUT2D eigenvalue weighted by Gasteiger charge is 2.17. The SMILES string of the molecule is CCc1ccc(C(=O)CCC(=O)N(CC)CC(=O)Nc2cccc(OC)c2)cc1. The van der Waals surface area contributed by atoms with Gasteiger partial charge < -0.3 is 15.0 Å². The summed E-state index contributed by atoms with van der Waals surface area (Å²) in [5.74, 6) is 0.0522. The normalized spacial score (nSPS) is 10.3. The fourth-order valence-electron chi connectivity index (χ4n) is 2.90. The van der Waals surface area contributed by atoms with Crippen LogP contribution in [0.4, 0.5) is 5.69 Å². The number of aryl methyl sites for hydroxylation is 1. The van der Waals surface area contributed by atoms with E-state index in [0.717, 1.165) is 12.0 Å². The van der Waals surface area contributed by atoms with Gasteiger partial charge in [-0.3, -0.25) is 14.4 Å². The summed E-state index contributed by atoms with van der Waals surface area (Å²) in [6.07, 6.45) is 1.11. The van der Waals surface area contributed by atoms with E-state index in [4.69, 9.17) is 4.74 Å². The molecule has 2 rings (SSSR count). The van der Waals surface area contributed by atoms with Crippen LogP contribution in [0, 0.1) is 0 Å². The second-order valence-corrected chi connectivity index (χ2v) is 6.66. The summed E-state index contributed by atoms with van der Waals surface area (Å²) in [4.78, 5) is 38.5. The molecule has 0 aliphatic heterocycles. The van der Waals surface area contributed by atoms with E-state index in [2.05, 4.69) is 12.2 Å². The Balaban J connectivity index is 1.86. The molecule has 0 saturated carbocycles. The molecule has 0 heterocycles. The van der Waals surface area contributed by atoms with E-state index in [-0.39, 0.29) is 37.0 Å². The molecule has 2 amide bonds. The van der Waals surface area contributed by atoms with E-state index in [1.807, 2.05) is 19.1 Å². The van der Waals surface area contributed by atoms with Crippen molar-refractivity contribution >= 4 is 23.3 Å². The topological polar surface area (TPSA) is 75.7 Å². The first-order valence-corrected chi connectivity index (χ1v) is 9.80. The molecule has 0 spiro atoms. The zero-order valence-electron chi connectivity index (χ0n) is 17.2. The molecule has 0 aliphatic carbocycles. The lowest BCUT2D eigenvalue weighted by Gasteiger charge is -2.20. The number of nitrogens with one attached hydrogen (secondary N) is 1. The Labute approximate surface area is 171 Å². The van der Waals surface area contributed by atoms with Gasteiger partial charge in [-0.15, -0.1) is 0 Å². The second-order valence-electron chi connectivity index (χ2n) is 6.66. The van der Waals surface area contributed by atoms with Crippen molar-refractivity contribution in [3.05, 3.63) is 59.7 Å². The summed E-state index contributed by atoms with van der Waals surface area (Å²) in [7, 11) is 1.55. The molecule has 6 heteroatoms. The minimum Gasteiger partial charge on any atom is -0.497 e. The van der Waals surface area contributed by atoms with Crippen LogP contribution in [-0.4, -0.2) is 42.7 Å². The van der Waals surface area contributed by atoms with Crippen LogP contribution in [0.15, 0.2) is 48.5 Å². The van der Waals surface area contributed by atoms with E-state index in [9.17, 15) is 14.4 Å². The lowest BCUT2D eigenvalue weighted by molar-refractivity contribution is -0.134. The number of carbonyl (C=O) groups excluding carboxylic acids is 3. The molecule has 154 valence electrons. The molecule has 0 fully saturated rings. The summed E-state index contributed by atoms with van der Waals surface area (Å²) >= 11 is 0. The van der Waals surface area contributed by atoms with Gasteiger partial charge >= 0.3 is 0 Å². The van der Waals surface area contributed by atoms with E-state index in [1.165, 1.54) is 4.90 Å². The van der Waals surface area contributed by atoms with Gasteiger partial charge in [-0.25, -0.2) is 0 Å². The molecule has 0 aliphatic rings. The van der Waals surface area contributed by atoms with Crippen molar-refractivity contribution in [3.63, 3.8) is 0 Å². The van der Waals surface area contributed by atoms with Gasteiger partial charge in [0.15, 0.2) is 5.78 Å². The smallest absolute Gasteiger partial charge is 0.243 e. The predicted molar refractivity (Wildman–Crippen MR) is 113 cm³/mol. The maximum absolute atomic E-state index is 12.5. The van der Waals surface area contributed by atoms with Crippen molar-refractivity contribution in [3.8, 4) is 5.75 Å². The van der Waals surface area contributed by atoms with Gasteiger partial charge in [-0.1, -0.05) is 37.3 Å². The highest BCUT2D eigenvalue weighted by atomic mass is 16.5. The molecule has 0 saturated heterocycles. The highest BCUT2D eigenvalue weighted by molar-refractivity contribution is 5.99. The number of ketones is 1. The average Bonchev–Trinajstić information content (AvgIpc) is 2.75. The Morgan fingerprint density at radius 1 is 1.00 bits per heavy atom. The molecule has 0 bridgehead atoms. The first-order chi connectivity index (χ1) is 14.0. The highest BCUT2D eigenvalue weighted by Crippen LogP contribution is 2.16. The van der Waals surface area contributed by atoms with Gasteiger partial charge in [0.2, 0.25) is 11.8 Å². The predicted octanol–water partition coefficient (Wildman–Crippen LogP) is 3.71. The first kappa shape index (κ1) is 22.1. The number of amides is 2. The van der Waals surface area contributed by atoms with Crippen molar-refractivity contribution in [2.75, 3.05) is 25.5 Å². The number of benzene rings is 2. The standard InChI is InChI=1S/C23H28N2O4/c1-4-17-9-11-18(12-10-17)21(26)13-14-23(28)25(5-2)16-22(27)24-19-7-6-8-20(15-19)29-3/h6-12,15H,4-5,13-14,16H2,1-3H3,(H,24,27). The molecule has 29 heavy (non-hydrogen) atoms. The van der Waals surface area contributed by atoms with E-state index >= 15 is 0 Å². The number of anilines is 1. The third-order valence-electron chi connectivity index (χ3n) is 4.67. The fraction of sp³-hybridized carbons (Fsp3) is 0.348. The minimum atomic E-state index is -0.296. The Bertz CT molecular complexity index is 846. The van der Waals surface area contributed by atoms with Crippen LogP contribution in [0.3, 0.4) is 0 Å². The quantitative estimate of drug-likeness (QED) is 0.621. The van der Waals surface area contributed by atoms with Crippen molar-refractivity contribution in [2.24, 2.45) is 0 Å². The molecule has 0 unspecified atom stereocenters. The van der Waals surface area contributed by atoms with Crippen molar-refractivity contribution in [2.45, 2.75) is 33.1 Å². The lowest BCUT2D eigenvalue weighted by atomic mass is 10.0. The Kier molecular flexibility index (Phi) is 8.40. The van der Waals surface area contributed by atoms with Crippen LogP contribution in [-0.2, 0) is 16.0 Å². The molecule has 0 aromatic heterocycles. The van der Waals surface area contributed by atoms with Gasteiger partial charge in [-0.05, 0) is 31.0 Å². The van der Waals surface area contributed by atoms with Crippen LogP contribution in [0.1, 0.15) is 42.6 Å². The number of Topliss-reactive ketones (excluding diaryl/α,β-unsaturated/α-hetero) is 1. The molecule has 2 aromatic carbocycles. The molecular weight excluding hydrogens is 368 g/mol. The van der Waals surface area contributed by atoms with E-state index < -0.39 is 0 Å². The van der Waals surface area contributed by atoms with Crippen LogP contribution >= 0.6 is 0 Å². The van der Waals surface area contributed by atoms with Crippen LogP contribution in [0.2, 0.25) is 0 Å². The number of ether oxygens (including phenoxy) is 1. The number of likely N-dealkylation sites (N-methyl/N-ethyl adjacent to an activating group) is 1. The van der Waals surface area contributed by atoms with Crippen molar-refractivity contribution < 1.29 is 19.1 Å². The summed E-state index contributed by atoms with van der Waals surface area (Å²) in [5.41, 5.74) is 2.37. The third-order valence-corrected chi connectivity index (χ3v) is 4.67. The van der Waals surface area contributed by atoms with Gasteiger partial charge in [0.25, 0.3) is 0 Å². The van der Waals surface area contributed by atoms with Gasteiger partial charge in [0, 0.05) is 36.7 Å². The third kappa shape index (κ3) is 6.75. The first-order valence-electron chi connectivity index (χ1n) is 9.80. The summed E-state index contributed by atoms with van der Waals surface area (Å²) in [6, 6.07) is 14.5. The van der Waals surface area contributed by atoms with Crippen LogP contribution in [0.25, 0.3) is 0 Å². The van der Waals surface area contributed by atoms with Crippen LogP contribution in [0.5, 0.6) is 5.75 Å². The van der Waals surface area contributed by atoms with Gasteiger partial charge in [0.05, 0.1) is 13.7 Å². The maximum Gasteiger partial charge on any atom is 0.243 e. The number of hydrogen-bond acceptors (Lipinski definition) is 4. The fourth-order valence-corrected chi connectivity index (χ4v) is 2.90. The second kappa shape index (κ2) is 11.0. The van der Waals surface area contributed by atoms with Gasteiger partial charge in [-0.2, -0.15) is 0 Å². The molecule has 1 N–H and O–H groups in total. The number of methoxy groups -OCH3 is 1. The van der Waals surface area contributed by atoms with Gasteiger partial charge in [0.1, 0.15) is 5.75 Å². The van der Waals surface area contributed by atoms with Crippen molar-refractivity contribution in [1.29, 1.82) is 0 Å².